The molecule has 0 bridgehead atoms. The Kier molecular flexibility index (Phi) is 8.14. The number of fused-ring (bicyclic) bond motifs is 1. The minimum absolute atomic E-state index is 0. The number of nitrogens with one attached hydrogen (secondary N) is 2. The van der Waals surface area contributed by atoms with Crippen LogP contribution in [0.5, 0.6) is 0 Å². The molecule has 0 radical (unpaired) electrons. The van der Waals surface area contributed by atoms with E-state index in [2.05, 4.69) is 33.7 Å². The van der Waals surface area contributed by atoms with Crippen LogP contribution in [-0.4, -0.2) is 53.1 Å². The molecule has 2 aliphatic rings. The molecule has 1 aromatic rings. The van der Waals surface area contributed by atoms with Gasteiger partial charge in [-0.25, -0.2) is 9.67 Å². The zero-order valence-corrected chi connectivity index (χ0v) is 17.5. The maximum Gasteiger partial charge on any atom is 0.191 e. The highest BCUT2D eigenvalue weighted by Gasteiger charge is 2.21. The van der Waals surface area contributed by atoms with Gasteiger partial charge in [0.2, 0.25) is 0 Å². The summed E-state index contributed by atoms with van der Waals surface area (Å²) in [6.07, 6.45) is 6.26. The molecule has 3 heterocycles. The first-order valence-electron chi connectivity index (χ1n) is 8.95. The number of hydrogen-bond donors (Lipinski definition) is 2. The lowest BCUT2D eigenvalue weighted by molar-refractivity contribution is 0.153. The summed E-state index contributed by atoms with van der Waals surface area (Å²) in [5.41, 5.74) is 1.46. The Labute approximate surface area is 166 Å². The third kappa shape index (κ3) is 5.95. The summed E-state index contributed by atoms with van der Waals surface area (Å²) in [6, 6.07) is 0.346. The van der Waals surface area contributed by atoms with Crippen molar-refractivity contribution in [2.24, 2.45) is 4.99 Å². The van der Waals surface area contributed by atoms with Gasteiger partial charge in [0.15, 0.2) is 5.96 Å². The standard InChI is InChI=1S/C17H28N6O.HI/c1-3-18-17(19-9-6-14-7-10-24-11-8-14)21-15-4-5-16-20-13(2)22-23(16)12-15;/h7,15H,3-6,8-12H2,1-2H3,(H2,18,19,21);1H. The SMILES string of the molecule is CCNC(=NCCC1=CCOCC1)NC1CCc2nc(C)nn2C1.I. The van der Waals surface area contributed by atoms with E-state index in [1.165, 1.54) is 5.57 Å². The van der Waals surface area contributed by atoms with Crippen molar-refractivity contribution in [3.8, 4) is 0 Å². The van der Waals surface area contributed by atoms with Gasteiger partial charge in [-0.2, -0.15) is 5.10 Å². The van der Waals surface area contributed by atoms with E-state index < -0.39 is 0 Å². The number of halogens is 1. The van der Waals surface area contributed by atoms with Crippen LogP contribution in [0.25, 0.3) is 0 Å². The number of aromatic nitrogens is 3. The van der Waals surface area contributed by atoms with Gasteiger partial charge in [0.25, 0.3) is 0 Å². The first kappa shape index (κ1) is 20.2. The van der Waals surface area contributed by atoms with Crippen molar-refractivity contribution >= 4 is 29.9 Å². The van der Waals surface area contributed by atoms with Gasteiger partial charge in [0.05, 0.1) is 19.8 Å². The molecule has 2 N–H and O–H groups in total. The number of guanidine groups is 1. The minimum atomic E-state index is 0. The molecule has 3 rings (SSSR count). The van der Waals surface area contributed by atoms with Crippen LogP contribution in [0.15, 0.2) is 16.6 Å². The van der Waals surface area contributed by atoms with E-state index in [9.17, 15) is 0 Å². The normalized spacial score (nSPS) is 20.3. The minimum Gasteiger partial charge on any atom is -0.377 e. The molecule has 0 spiro atoms. The van der Waals surface area contributed by atoms with Gasteiger partial charge in [-0.15, -0.1) is 24.0 Å². The molecule has 0 saturated heterocycles. The monoisotopic (exact) mass is 460 g/mol. The Bertz CT molecular complexity index is 612. The Morgan fingerprint density at radius 1 is 1.44 bits per heavy atom. The van der Waals surface area contributed by atoms with Gasteiger partial charge in [0.1, 0.15) is 11.6 Å². The molecule has 8 heteroatoms. The van der Waals surface area contributed by atoms with Crippen molar-refractivity contribution in [3.63, 3.8) is 0 Å². The Balaban J connectivity index is 0.00000225. The summed E-state index contributed by atoms with van der Waals surface area (Å²) >= 11 is 0. The van der Waals surface area contributed by atoms with Crippen LogP contribution < -0.4 is 10.6 Å². The fourth-order valence-electron chi connectivity index (χ4n) is 3.17. The molecule has 140 valence electrons. The molecule has 0 fully saturated rings. The molecule has 7 nitrogen and oxygen atoms in total. The summed E-state index contributed by atoms with van der Waals surface area (Å²) < 4.78 is 7.37. The number of ether oxygens (including phenoxy) is 1. The van der Waals surface area contributed by atoms with E-state index >= 15 is 0 Å². The number of aryl methyl sites for hydroxylation is 2. The molecule has 25 heavy (non-hydrogen) atoms. The second-order valence-corrected chi connectivity index (χ2v) is 6.34. The fraction of sp³-hybridized carbons (Fsp3) is 0.706. The van der Waals surface area contributed by atoms with Gasteiger partial charge >= 0.3 is 0 Å². The summed E-state index contributed by atoms with van der Waals surface area (Å²) in [4.78, 5) is 9.19. The van der Waals surface area contributed by atoms with Crippen LogP contribution in [0.1, 0.15) is 37.8 Å². The molecule has 1 aromatic heterocycles. The lowest BCUT2D eigenvalue weighted by Gasteiger charge is -2.25. The topological polar surface area (TPSA) is 76.4 Å². The first-order chi connectivity index (χ1) is 11.7. The zero-order chi connectivity index (χ0) is 16.8. The third-order valence-electron chi connectivity index (χ3n) is 4.41. The largest absolute Gasteiger partial charge is 0.377 e. The van der Waals surface area contributed by atoms with Crippen LogP contribution in [0, 0.1) is 6.92 Å². The van der Waals surface area contributed by atoms with Crippen molar-refractivity contribution in [2.75, 3.05) is 26.3 Å². The van der Waals surface area contributed by atoms with Crippen LogP contribution in [-0.2, 0) is 17.7 Å². The zero-order valence-electron chi connectivity index (χ0n) is 15.1. The third-order valence-corrected chi connectivity index (χ3v) is 4.41. The molecule has 0 amide bonds. The Morgan fingerprint density at radius 3 is 3.08 bits per heavy atom. The van der Waals surface area contributed by atoms with E-state index in [4.69, 9.17) is 9.73 Å². The molecule has 2 aliphatic heterocycles. The number of aliphatic imine (C=N–C) groups is 1. The average Bonchev–Trinajstić information content (AvgIpc) is 2.95. The van der Waals surface area contributed by atoms with Gasteiger partial charge in [0, 0.05) is 25.6 Å². The quantitative estimate of drug-likeness (QED) is 0.304. The molecule has 1 atom stereocenters. The summed E-state index contributed by atoms with van der Waals surface area (Å²) in [5, 5.41) is 11.4. The van der Waals surface area contributed by atoms with E-state index in [0.29, 0.717) is 6.04 Å². The van der Waals surface area contributed by atoms with Gasteiger partial charge < -0.3 is 15.4 Å². The summed E-state index contributed by atoms with van der Waals surface area (Å²) in [7, 11) is 0. The van der Waals surface area contributed by atoms with Crippen molar-refractivity contribution < 1.29 is 4.74 Å². The number of hydrogen-bond acceptors (Lipinski definition) is 4. The van der Waals surface area contributed by atoms with Crippen molar-refractivity contribution in [1.29, 1.82) is 0 Å². The van der Waals surface area contributed by atoms with Crippen molar-refractivity contribution in [2.45, 2.75) is 52.1 Å². The van der Waals surface area contributed by atoms with Crippen LogP contribution in [0.2, 0.25) is 0 Å². The molecular weight excluding hydrogens is 431 g/mol. The molecule has 0 aromatic carbocycles. The highest BCUT2D eigenvalue weighted by atomic mass is 127. The Morgan fingerprint density at radius 2 is 2.32 bits per heavy atom. The molecule has 0 aliphatic carbocycles. The van der Waals surface area contributed by atoms with E-state index in [1.54, 1.807) is 0 Å². The van der Waals surface area contributed by atoms with Gasteiger partial charge in [-0.3, -0.25) is 4.99 Å². The predicted molar refractivity (Wildman–Crippen MR) is 110 cm³/mol. The first-order valence-corrected chi connectivity index (χ1v) is 8.95. The fourth-order valence-corrected chi connectivity index (χ4v) is 3.17. The van der Waals surface area contributed by atoms with Crippen molar-refractivity contribution in [1.82, 2.24) is 25.4 Å². The molecular formula is C17H29IN6O. The van der Waals surface area contributed by atoms with E-state index in [0.717, 1.165) is 76.1 Å². The van der Waals surface area contributed by atoms with E-state index in [1.807, 2.05) is 11.6 Å². The van der Waals surface area contributed by atoms with Crippen LogP contribution >= 0.6 is 24.0 Å². The average molecular weight is 460 g/mol. The van der Waals surface area contributed by atoms with Crippen LogP contribution in [0.3, 0.4) is 0 Å². The second-order valence-electron chi connectivity index (χ2n) is 6.34. The van der Waals surface area contributed by atoms with Crippen LogP contribution in [0.4, 0.5) is 0 Å². The number of rotatable bonds is 5. The lowest BCUT2D eigenvalue weighted by Crippen LogP contribution is -2.47. The second kappa shape index (κ2) is 10.1. The number of nitrogens with zero attached hydrogens (tertiary/aromatic N) is 4. The highest BCUT2D eigenvalue weighted by Crippen LogP contribution is 2.13. The molecule has 1 unspecified atom stereocenters. The summed E-state index contributed by atoms with van der Waals surface area (Å²) in [5.74, 6) is 2.85. The lowest BCUT2D eigenvalue weighted by atomic mass is 10.1. The maximum atomic E-state index is 5.35. The smallest absolute Gasteiger partial charge is 0.191 e. The van der Waals surface area contributed by atoms with Gasteiger partial charge in [-0.05, 0) is 33.1 Å². The Hall–Kier alpha value is -1.16. The predicted octanol–water partition coefficient (Wildman–Crippen LogP) is 1.81. The summed E-state index contributed by atoms with van der Waals surface area (Å²) in [6.45, 7) is 8.16. The highest BCUT2D eigenvalue weighted by molar-refractivity contribution is 14.0. The van der Waals surface area contributed by atoms with Crippen molar-refractivity contribution in [3.05, 3.63) is 23.3 Å². The van der Waals surface area contributed by atoms with Gasteiger partial charge in [-0.1, -0.05) is 11.6 Å². The van der Waals surface area contributed by atoms with E-state index in [-0.39, 0.29) is 24.0 Å². The maximum absolute atomic E-state index is 5.35. The molecule has 0 saturated carbocycles.